The summed E-state index contributed by atoms with van der Waals surface area (Å²) in [6.45, 7) is 1.89. The van der Waals surface area contributed by atoms with Crippen LogP contribution in [0.5, 0.6) is 0 Å². The van der Waals surface area contributed by atoms with Crippen LogP contribution in [-0.2, 0) is 0 Å². The van der Waals surface area contributed by atoms with E-state index < -0.39 is 32.5 Å². The van der Waals surface area contributed by atoms with Crippen LogP contribution in [0.25, 0.3) is 0 Å². The van der Waals surface area contributed by atoms with Crippen LogP contribution in [-0.4, -0.2) is 9.67 Å². The highest BCUT2D eigenvalue weighted by atomic mass is 32.4. The van der Waals surface area contributed by atoms with Gasteiger partial charge >= 0.3 is 0 Å². The normalized spacial score (nSPS) is 25.2. The maximum Gasteiger partial charge on any atom is 0.265 e. The fourth-order valence-corrected chi connectivity index (χ4v) is 2.86. The van der Waals surface area contributed by atoms with Crippen molar-refractivity contribution in [1.82, 2.24) is 0 Å². The Morgan fingerprint density at radius 1 is 1.45 bits per heavy atom. The van der Waals surface area contributed by atoms with E-state index in [0.29, 0.717) is 18.9 Å². The molecule has 0 spiro atoms. The van der Waals surface area contributed by atoms with Crippen molar-refractivity contribution in [3.63, 3.8) is 0 Å². The number of nitrogens with zero attached hydrogens (tertiary/aromatic N) is 1. The second-order valence-electron chi connectivity index (χ2n) is 4.68. The maximum atomic E-state index is 13.3. The summed E-state index contributed by atoms with van der Waals surface area (Å²) >= 11 is 0. The lowest BCUT2D eigenvalue weighted by Gasteiger charge is -2.45. The Kier molecular flexibility index (Phi) is 4.68. The van der Waals surface area contributed by atoms with Gasteiger partial charge in [-0.05, 0) is 18.9 Å². The molecule has 0 bridgehead atoms. The number of allylic oxidation sites excluding steroid dienone is 3. The molecule has 8 heteroatoms. The van der Waals surface area contributed by atoms with Crippen molar-refractivity contribution in [2.75, 3.05) is 0 Å². The summed E-state index contributed by atoms with van der Waals surface area (Å²) in [5, 5.41) is 10.5. The first-order chi connectivity index (χ1) is 9.08. The van der Waals surface area contributed by atoms with Crippen LogP contribution in [0, 0.1) is 10.1 Å². The number of hydrogen-bond donors (Lipinski definition) is 1. The van der Waals surface area contributed by atoms with Crippen LogP contribution in [0.15, 0.2) is 36.1 Å². The van der Waals surface area contributed by atoms with Crippen molar-refractivity contribution >= 4 is 10.7 Å². The van der Waals surface area contributed by atoms with E-state index in [-0.39, 0.29) is 0 Å². The minimum absolute atomic E-state index is 0.421. The Balaban J connectivity index is 3.06. The minimum atomic E-state index is -7.95. The Labute approximate surface area is 115 Å². The van der Waals surface area contributed by atoms with Gasteiger partial charge in [0.15, 0.2) is 10.7 Å². The SMILES string of the molecule is CCCCC=CC1([SH](F)(F)(F)F)C=CC([N+](=O)[O-])=CC1. The third-order valence-corrected chi connectivity index (χ3v) is 4.89. The zero-order valence-electron chi connectivity index (χ0n) is 10.9. The van der Waals surface area contributed by atoms with Crippen LogP contribution in [0.1, 0.15) is 32.6 Å². The lowest BCUT2D eigenvalue weighted by atomic mass is 9.97. The van der Waals surface area contributed by atoms with Crippen molar-refractivity contribution in [1.29, 1.82) is 0 Å². The van der Waals surface area contributed by atoms with E-state index in [1.807, 2.05) is 6.92 Å². The van der Waals surface area contributed by atoms with Crippen molar-refractivity contribution in [3.8, 4) is 0 Å². The zero-order valence-corrected chi connectivity index (χ0v) is 11.8. The molecule has 0 aromatic heterocycles. The molecular weight excluding hydrogens is 298 g/mol. The Morgan fingerprint density at radius 2 is 2.10 bits per heavy atom. The number of nitro groups is 1. The van der Waals surface area contributed by atoms with Gasteiger partial charge in [-0.3, -0.25) is 10.1 Å². The average Bonchev–Trinajstić information content (AvgIpc) is 2.33. The third kappa shape index (κ3) is 3.62. The maximum absolute atomic E-state index is 13.3. The van der Waals surface area contributed by atoms with E-state index >= 15 is 0 Å². The molecule has 0 radical (unpaired) electrons. The molecule has 1 aliphatic carbocycles. The monoisotopic (exact) mass is 315 g/mol. The average molecular weight is 315 g/mol. The minimum Gasteiger partial charge on any atom is -0.258 e. The fraction of sp³-hybridized carbons (Fsp3) is 0.500. The molecule has 0 amide bonds. The summed E-state index contributed by atoms with van der Waals surface area (Å²) in [6.07, 6.45) is 5.42. The predicted molar refractivity (Wildman–Crippen MR) is 73.6 cm³/mol. The molecular formula is C12H17F4NO2S. The summed E-state index contributed by atoms with van der Waals surface area (Å²) in [5.74, 6) is 0. The third-order valence-electron chi connectivity index (χ3n) is 3.15. The predicted octanol–water partition coefficient (Wildman–Crippen LogP) is 5.20. The van der Waals surface area contributed by atoms with Crippen molar-refractivity contribution in [2.24, 2.45) is 0 Å². The molecule has 0 heterocycles. The van der Waals surface area contributed by atoms with Gasteiger partial charge in [-0.25, -0.2) is 0 Å². The molecule has 1 atom stereocenters. The summed E-state index contributed by atoms with van der Waals surface area (Å²) in [5.41, 5.74) is -0.442. The van der Waals surface area contributed by atoms with Gasteiger partial charge in [0.2, 0.25) is 0 Å². The van der Waals surface area contributed by atoms with Crippen LogP contribution >= 0.6 is 10.7 Å². The Bertz CT molecular complexity index is 472. The quantitative estimate of drug-likeness (QED) is 0.183. The smallest absolute Gasteiger partial charge is 0.258 e. The molecule has 1 unspecified atom stereocenters. The first-order valence-electron chi connectivity index (χ1n) is 6.19. The van der Waals surface area contributed by atoms with Gasteiger partial charge in [-0.1, -0.05) is 38.0 Å². The second-order valence-corrected chi connectivity index (χ2v) is 6.96. The van der Waals surface area contributed by atoms with Crippen molar-refractivity contribution in [2.45, 2.75) is 37.4 Å². The standard InChI is InChI=1S/C12H17F4NO2S/c1-2-3-4-5-8-12(20(13,14,15)16)9-6-11(7-10-12)17(18)19/h5-9,20H,2-4,10H2,1H3. The Hall–Kier alpha value is -1.31. The fourth-order valence-electron chi connectivity index (χ4n) is 1.87. The van der Waals surface area contributed by atoms with Gasteiger partial charge in [0.1, 0.15) is 4.75 Å². The van der Waals surface area contributed by atoms with Crippen molar-refractivity contribution < 1.29 is 20.5 Å². The molecule has 3 nitrogen and oxygen atoms in total. The number of thiol groups is 1. The summed E-state index contributed by atoms with van der Waals surface area (Å²) in [7, 11) is -7.95. The lowest BCUT2D eigenvalue weighted by molar-refractivity contribution is -0.419. The van der Waals surface area contributed by atoms with E-state index in [4.69, 9.17) is 0 Å². The van der Waals surface area contributed by atoms with E-state index in [2.05, 4.69) is 0 Å². The van der Waals surface area contributed by atoms with Gasteiger partial charge in [0.05, 0.1) is 4.92 Å². The lowest BCUT2D eigenvalue weighted by Crippen LogP contribution is -2.31. The zero-order chi connectivity index (χ0) is 15.5. The topological polar surface area (TPSA) is 43.1 Å². The molecule has 0 saturated heterocycles. The molecule has 0 aromatic carbocycles. The van der Waals surface area contributed by atoms with Crippen LogP contribution in [0.4, 0.5) is 15.5 Å². The highest BCUT2D eigenvalue weighted by molar-refractivity contribution is 8.34. The number of hydrogen-bond acceptors (Lipinski definition) is 2. The first kappa shape index (κ1) is 16.7. The first-order valence-corrected chi connectivity index (χ1v) is 7.99. The summed E-state index contributed by atoms with van der Waals surface area (Å²) < 4.78 is 50.4. The number of unbranched alkanes of at least 4 members (excludes halogenated alkanes) is 2. The molecule has 0 saturated carbocycles. The van der Waals surface area contributed by atoms with Crippen LogP contribution < -0.4 is 0 Å². The number of rotatable bonds is 6. The van der Waals surface area contributed by atoms with Gasteiger partial charge in [-0.2, -0.15) is 0 Å². The molecule has 1 rings (SSSR count). The molecule has 0 aliphatic heterocycles. The molecule has 20 heavy (non-hydrogen) atoms. The largest absolute Gasteiger partial charge is 0.265 e. The molecule has 0 fully saturated rings. The van der Waals surface area contributed by atoms with E-state index in [1.54, 1.807) is 0 Å². The van der Waals surface area contributed by atoms with Crippen LogP contribution in [0.3, 0.4) is 0 Å². The van der Waals surface area contributed by atoms with Crippen LogP contribution in [0.2, 0.25) is 0 Å². The Morgan fingerprint density at radius 3 is 2.50 bits per heavy atom. The van der Waals surface area contributed by atoms with E-state index in [0.717, 1.165) is 24.6 Å². The number of halogens is 4. The van der Waals surface area contributed by atoms with Gasteiger partial charge in [0, 0.05) is 6.08 Å². The van der Waals surface area contributed by atoms with Gasteiger partial charge in [-0.15, -0.1) is 15.5 Å². The molecule has 1 aliphatic rings. The summed E-state index contributed by atoms with van der Waals surface area (Å²) in [6, 6.07) is 0. The highest BCUT2D eigenvalue weighted by Crippen LogP contribution is 2.86. The highest BCUT2D eigenvalue weighted by Gasteiger charge is 2.57. The summed E-state index contributed by atoms with van der Waals surface area (Å²) in [4.78, 5) is 9.71. The molecule has 116 valence electrons. The van der Waals surface area contributed by atoms with Crippen molar-refractivity contribution in [3.05, 3.63) is 46.2 Å². The van der Waals surface area contributed by atoms with E-state index in [9.17, 15) is 25.7 Å². The molecule has 0 N–H and O–H groups in total. The second kappa shape index (κ2) is 5.59. The molecule has 0 aromatic rings. The van der Waals surface area contributed by atoms with Gasteiger partial charge < -0.3 is 0 Å². The van der Waals surface area contributed by atoms with Gasteiger partial charge in [0.25, 0.3) is 5.70 Å². The van der Waals surface area contributed by atoms with E-state index in [1.165, 1.54) is 6.08 Å².